The molecule has 7 heteroatoms. The Kier molecular flexibility index (Phi) is 3.45. The number of aryl methyl sites for hydroxylation is 1. The Morgan fingerprint density at radius 2 is 1.96 bits per heavy atom. The molecular formula is C17H15FN6. The van der Waals surface area contributed by atoms with E-state index in [1.54, 1.807) is 10.9 Å². The van der Waals surface area contributed by atoms with Gasteiger partial charge in [-0.3, -0.25) is 4.57 Å². The van der Waals surface area contributed by atoms with Crippen molar-refractivity contribution in [1.82, 2.24) is 24.1 Å². The average molecular weight is 322 g/mol. The van der Waals surface area contributed by atoms with Gasteiger partial charge >= 0.3 is 6.08 Å². The number of hydrogen-bond donors (Lipinski definition) is 1. The van der Waals surface area contributed by atoms with Crippen LogP contribution in [0.25, 0.3) is 16.9 Å². The summed E-state index contributed by atoms with van der Waals surface area (Å²) in [5.41, 5.74) is 2.92. The standard InChI is InChI=1S/C17H15FN6/c1-23-8-7-13(10-23)24-11-20-14-15(21-17(18)22-16(14)24)19-9-12-5-3-2-4-6-12/h2-8,10-11H,9H2,1H3,(H,19,21,22). The number of aromatic nitrogens is 5. The molecule has 0 aliphatic heterocycles. The summed E-state index contributed by atoms with van der Waals surface area (Å²) in [6.45, 7) is 0.532. The van der Waals surface area contributed by atoms with Crippen LogP contribution < -0.4 is 5.32 Å². The summed E-state index contributed by atoms with van der Waals surface area (Å²) in [5.74, 6) is 0.385. The molecule has 1 aromatic carbocycles. The van der Waals surface area contributed by atoms with Gasteiger partial charge in [-0.25, -0.2) is 4.98 Å². The number of rotatable bonds is 4. The lowest BCUT2D eigenvalue weighted by Gasteiger charge is -2.07. The van der Waals surface area contributed by atoms with Crippen molar-refractivity contribution in [3.05, 3.63) is 66.8 Å². The van der Waals surface area contributed by atoms with Gasteiger partial charge in [-0.2, -0.15) is 14.4 Å². The number of fused-ring (bicyclic) bond motifs is 1. The van der Waals surface area contributed by atoms with E-state index in [-0.39, 0.29) is 0 Å². The smallest absolute Gasteiger partial charge is 0.312 e. The van der Waals surface area contributed by atoms with Crippen LogP contribution in [0.3, 0.4) is 0 Å². The Labute approximate surface area is 137 Å². The molecule has 0 spiro atoms. The predicted octanol–water partition coefficient (Wildman–Crippen LogP) is 2.91. The van der Waals surface area contributed by atoms with Gasteiger partial charge in [0.1, 0.15) is 6.33 Å². The lowest BCUT2D eigenvalue weighted by molar-refractivity contribution is 0.544. The SMILES string of the molecule is Cn1ccc(-n2cnc3c(NCc4ccccc4)nc(F)nc32)c1. The second kappa shape index (κ2) is 5.77. The van der Waals surface area contributed by atoms with Crippen LogP contribution in [0.2, 0.25) is 0 Å². The van der Waals surface area contributed by atoms with E-state index in [2.05, 4.69) is 20.3 Å². The molecule has 24 heavy (non-hydrogen) atoms. The van der Waals surface area contributed by atoms with Crippen LogP contribution in [0.4, 0.5) is 10.2 Å². The van der Waals surface area contributed by atoms with Gasteiger partial charge in [0.05, 0.1) is 5.69 Å². The topological polar surface area (TPSA) is 60.6 Å². The summed E-state index contributed by atoms with van der Waals surface area (Å²) >= 11 is 0. The Morgan fingerprint density at radius 3 is 2.71 bits per heavy atom. The van der Waals surface area contributed by atoms with Crippen LogP contribution in [0.5, 0.6) is 0 Å². The fraction of sp³-hybridized carbons (Fsp3) is 0.118. The summed E-state index contributed by atoms with van der Waals surface area (Å²) in [7, 11) is 1.92. The van der Waals surface area contributed by atoms with Crippen molar-refractivity contribution < 1.29 is 4.39 Å². The van der Waals surface area contributed by atoms with E-state index >= 15 is 0 Å². The molecule has 0 aliphatic carbocycles. The molecule has 4 aromatic rings. The molecule has 3 heterocycles. The monoisotopic (exact) mass is 322 g/mol. The fourth-order valence-corrected chi connectivity index (χ4v) is 2.60. The van der Waals surface area contributed by atoms with Crippen molar-refractivity contribution in [2.24, 2.45) is 7.05 Å². The Bertz CT molecular complexity index is 989. The fourth-order valence-electron chi connectivity index (χ4n) is 2.60. The van der Waals surface area contributed by atoms with E-state index < -0.39 is 6.08 Å². The molecule has 0 amide bonds. The Hall–Kier alpha value is -3.22. The average Bonchev–Trinajstić information content (AvgIpc) is 3.19. The number of imidazole rings is 1. The Morgan fingerprint density at radius 1 is 1.12 bits per heavy atom. The van der Waals surface area contributed by atoms with Crippen molar-refractivity contribution in [3.8, 4) is 5.69 Å². The number of hydrogen-bond acceptors (Lipinski definition) is 4. The van der Waals surface area contributed by atoms with Crippen molar-refractivity contribution in [3.63, 3.8) is 0 Å². The van der Waals surface area contributed by atoms with Crippen molar-refractivity contribution >= 4 is 17.0 Å². The molecule has 0 radical (unpaired) electrons. The zero-order valence-corrected chi connectivity index (χ0v) is 13.0. The maximum absolute atomic E-state index is 13.9. The minimum Gasteiger partial charge on any atom is -0.364 e. The van der Waals surface area contributed by atoms with Gasteiger partial charge in [0, 0.05) is 26.0 Å². The lowest BCUT2D eigenvalue weighted by atomic mass is 10.2. The quantitative estimate of drug-likeness (QED) is 0.587. The maximum Gasteiger partial charge on any atom is 0.312 e. The highest BCUT2D eigenvalue weighted by molar-refractivity contribution is 5.83. The largest absolute Gasteiger partial charge is 0.364 e. The first kappa shape index (κ1) is 14.4. The molecule has 6 nitrogen and oxygen atoms in total. The second-order valence-electron chi connectivity index (χ2n) is 5.50. The van der Waals surface area contributed by atoms with Gasteiger partial charge in [0.15, 0.2) is 17.0 Å². The van der Waals surface area contributed by atoms with Crippen LogP contribution in [-0.2, 0) is 13.6 Å². The van der Waals surface area contributed by atoms with Gasteiger partial charge in [0.25, 0.3) is 0 Å². The van der Waals surface area contributed by atoms with Crippen LogP contribution in [0.1, 0.15) is 5.56 Å². The van der Waals surface area contributed by atoms with Crippen LogP contribution in [0.15, 0.2) is 55.1 Å². The molecule has 1 N–H and O–H groups in total. The number of nitrogens with zero attached hydrogens (tertiary/aromatic N) is 5. The van der Waals surface area contributed by atoms with Gasteiger partial charge in [-0.05, 0) is 11.6 Å². The first-order valence-corrected chi connectivity index (χ1v) is 7.51. The van der Waals surface area contributed by atoms with Gasteiger partial charge in [-0.1, -0.05) is 30.3 Å². The summed E-state index contributed by atoms with van der Waals surface area (Å²) in [6, 6.07) is 11.8. The van der Waals surface area contributed by atoms with Crippen LogP contribution in [-0.4, -0.2) is 24.1 Å². The highest BCUT2D eigenvalue weighted by Crippen LogP contribution is 2.22. The molecule has 0 bridgehead atoms. The van der Waals surface area contributed by atoms with E-state index in [1.807, 2.05) is 60.4 Å². The Balaban J connectivity index is 1.72. The zero-order valence-electron chi connectivity index (χ0n) is 13.0. The summed E-state index contributed by atoms with van der Waals surface area (Å²) < 4.78 is 17.5. The molecule has 3 aromatic heterocycles. The third-order valence-electron chi connectivity index (χ3n) is 3.77. The van der Waals surface area contributed by atoms with E-state index in [9.17, 15) is 4.39 Å². The minimum absolute atomic E-state index is 0.385. The first-order valence-electron chi connectivity index (χ1n) is 7.51. The molecule has 0 saturated carbocycles. The molecule has 0 fully saturated rings. The normalized spacial score (nSPS) is 11.1. The minimum atomic E-state index is -0.782. The van der Waals surface area contributed by atoms with Gasteiger partial charge < -0.3 is 9.88 Å². The number of halogens is 1. The number of nitrogens with one attached hydrogen (secondary N) is 1. The third-order valence-corrected chi connectivity index (χ3v) is 3.77. The molecule has 0 saturated heterocycles. The highest BCUT2D eigenvalue weighted by Gasteiger charge is 2.14. The maximum atomic E-state index is 13.9. The van der Waals surface area contributed by atoms with E-state index in [0.29, 0.717) is 23.5 Å². The lowest BCUT2D eigenvalue weighted by Crippen LogP contribution is -2.05. The van der Waals surface area contributed by atoms with Crippen molar-refractivity contribution in [1.29, 1.82) is 0 Å². The summed E-state index contributed by atoms with van der Waals surface area (Å²) in [6.07, 6.45) is 4.67. The van der Waals surface area contributed by atoms with Crippen molar-refractivity contribution in [2.45, 2.75) is 6.54 Å². The van der Waals surface area contributed by atoms with Gasteiger partial charge in [0.2, 0.25) is 0 Å². The third kappa shape index (κ3) is 2.60. The zero-order chi connectivity index (χ0) is 16.5. The molecule has 0 unspecified atom stereocenters. The first-order chi connectivity index (χ1) is 11.7. The van der Waals surface area contributed by atoms with Crippen LogP contribution in [0, 0.1) is 6.08 Å². The predicted molar refractivity (Wildman–Crippen MR) is 89.4 cm³/mol. The van der Waals surface area contributed by atoms with Crippen molar-refractivity contribution in [2.75, 3.05) is 5.32 Å². The summed E-state index contributed by atoms with van der Waals surface area (Å²) in [4.78, 5) is 12.1. The van der Waals surface area contributed by atoms with E-state index in [0.717, 1.165) is 11.3 Å². The molecule has 0 atom stereocenters. The second-order valence-corrected chi connectivity index (χ2v) is 5.50. The van der Waals surface area contributed by atoms with E-state index in [4.69, 9.17) is 0 Å². The summed E-state index contributed by atoms with van der Waals surface area (Å²) in [5, 5.41) is 3.14. The molecule has 4 rings (SSSR count). The highest BCUT2D eigenvalue weighted by atomic mass is 19.1. The van der Waals surface area contributed by atoms with Gasteiger partial charge in [-0.15, -0.1) is 0 Å². The molecular weight excluding hydrogens is 307 g/mol. The van der Waals surface area contributed by atoms with E-state index in [1.165, 1.54) is 0 Å². The molecule has 0 aliphatic rings. The molecule has 120 valence electrons. The van der Waals surface area contributed by atoms with Crippen LogP contribution >= 0.6 is 0 Å². The number of anilines is 1. The number of benzene rings is 1.